The Kier molecular flexibility index (Phi) is 6.67. The number of rotatable bonds is 5. The molecule has 0 spiro atoms. The molecule has 1 atom stereocenters. The lowest BCUT2D eigenvalue weighted by atomic mass is 10.1. The number of likely N-dealkylation sites (N-methyl/N-ethyl adjacent to an activating group) is 1. The van der Waals surface area contributed by atoms with Gasteiger partial charge >= 0.3 is 0 Å². The Morgan fingerprint density at radius 3 is 2.89 bits per heavy atom. The van der Waals surface area contributed by atoms with Crippen LogP contribution >= 0.6 is 12.4 Å². The van der Waals surface area contributed by atoms with Gasteiger partial charge in [0.15, 0.2) is 5.82 Å². The lowest BCUT2D eigenvalue weighted by Gasteiger charge is -2.30. The number of ether oxygens (including phenoxy) is 1. The van der Waals surface area contributed by atoms with E-state index in [1.165, 1.54) is 5.56 Å². The summed E-state index contributed by atoms with van der Waals surface area (Å²) in [6.07, 6.45) is 0. The van der Waals surface area contributed by atoms with Gasteiger partial charge in [-0.15, -0.1) is 12.4 Å². The molecular weight excluding hydrogens is 376 g/mol. The number of aryl methyl sites for hydroxylation is 1. The third-order valence-corrected chi connectivity index (χ3v) is 4.82. The normalized spacial score (nSPS) is 17.1. The minimum Gasteiger partial charge on any atom is -0.489 e. The van der Waals surface area contributed by atoms with Crippen LogP contribution in [0.25, 0.3) is 11.5 Å². The van der Waals surface area contributed by atoms with Crippen molar-refractivity contribution < 1.29 is 9.26 Å². The van der Waals surface area contributed by atoms with Crippen molar-refractivity contribution >= 4 is 12.4 Å². The van der Waals surface area contributed by atoms with Crippen molar-refractivity contribution in [3.63, 3.8) is 0 Å². The maximum absolute atomic E-state index is 5.94. The van der Waals surface area contributed by atoms with Crippen molar-refractivity contribution in [3.8, 4) is 17.2 Å². The van der Waals surface area contributed by atoms with Crippen molar-refractivity contribution in [1.82, 2.24) is 20.4 Å². The highest BCUT2D eigenvalue weighted by Crippen LogP contribution is 2.26. The minimum absolute atomic E-state index is 0. The molecule has 28 heavy (non-hydrogen) atoms. The van der Waals surface area contributed by atoms with Gasteiger partial charge in [0.1, 0.15) is 12.4 Å². The molecule has 7 heteroatoms. The van der Waals surface area contributed by atoms with E-state index >= 15 is 0 Å². The van der Waals surface area contributed by atoms with Crippen LogP contribution in [0.2, 0.25) is 0 Å². The Balaban J connectivity index is 0.00000225. The molecule has 2 heterocycles. The maximum atomic E-state index is 5.94. The van der Waals surface area contributed by atoms with Gasteiger partial charge in [0, 0.05) is 25.2 Å². The Morgan fingerprint density at radius 1 is 1.21 bits per heavy atom. The number of hydrogen-bond donors (Lipinski definition) is 1. The van der Waals surface area contributed by atoms with Gasteiger partial charge in [-0.2, -0.15) is 4.98 Å². The van der Waals surface area contributed by atoms with Gasteiger partial charge in [0.2, 0.25) is 0 Å². The quantitative estimate of drug-likeness (QED) is 0.705. The van der Waals surface area contributed by atoms with Crippen LogP contribution in [0, 0.1) is 6.92 Å². The molecule has 3 aromatic rings. The minimum atomic E-state index is 0. The van der Waals surface area contributed by atoms with E-state index in [4.69, 9.17) is 9.26 Å². The average molecular weight is 401 g/mol. The van der Waals surface area contributed by atoms with Gasteiger partial charge in [-0.1, -0.05) is 41.1 Å². The summed E-state index contributed by atoms with van der Waals surface area (Å²) in [5.41, 5.74) is 3.24. The third kappa shape index (κ3) is 4.70. The molecule has 0 aliphatic carbocycles. The number of benzene rings is 2. The predicted octanol–water partition coefficient (Wildman–Crippen LogP) is 3.62. The van der Waals surface area contributed by atoms with Gasteiger partial charge in [0.25, 0.3) is 5.89 Å². The number of halogens is 1. The molecular formula is C21H25ClN4O2. The molecule has 1 saturated heterocycles. The van der Waals surface area contributed by atoms with Crippen LogP contribution in [0.1, 0.15) is 23.0 Å². The van der Waals surface area contributed by atoms with Crippen LogP contribution in [0.4, 0.5) is 0 Å². The summed E-state index contributed by atoms with van der Waals surface area (Å²) in [7, 11) is 2.08. The van der Waals surface area contributed by atoms with Gasteiger partial charge < -0.3 is 14.6 Å². The summed E-state index contributed by atoms with van der Waals surface area (Å²) in [5.74, 6) is 2.01. The van der Waals surface area contributed by atoms with E-state index in [0.29, 0.717) is 18.3 Å². The van der Waals surface area contributed by atoms with E-state index in [-0.39, 0.29) is 18.4 Å². The van der Waals surface area contributed by atoms with Gasteiger partial charge in [-0.05, 0) is 37.7 Å². The van der Waals surface area contributed by atoms with E-state index in [1.807, 2.05) is 30.3 Å². The van der Waals surface area contributed by atoms with E-state index < -0.39 is 0 Å². The fraction of sp³-hybridized carbons (Fsp3) is 0.333. The molecule has 1 aliphatic heterocycles. The van der Waals surface area contributed by atoms with E-state index in [2.05, 4.69) is 52.5 Å². The van der Waals surface area contributed by atoms with E-state index in [9.17, 15) is 0 Å². The molecule has 0 radical (unpaired) electrons. The zero-order valence-corrected chi connectivity index (χ0v) is 16.9. The molecule has 4 rings (SSSR count). The first-order valence-electron chi connectivity index (χ1n) is 9.22. The lowest BCUT2D eigenvalue weighted by molar-refractivity contribution is 0.190. The highest BCUT2D eigenvalue weighted by molar-refractivity contribution is 5.85. The molecule has 0 amide bonds. The van der Waals surface area contributed by atoms with Crippen LogP contribution in [-0.4, -0.2) is 41.7 Å². The Morgan fingerprint density at radius 2 is 2.07 bits per heavy atom. The van der Waals surface area contributed by atoms with Crippen molar-refractivity contribution in [2.45, 2.75) is 19.6 Å². The molecule has 0 bridgehead atoms. The van der Waals surface area contributed by atoms with Crippen LogP contribution in [0.15, 0.2) is 53.1 Å². The highest BCUT2D eigenvalue weighted by Gasteiger charge is 2.25. The van der Waals surface area contributed by atoms with E-state index in [1.54, 1.807) is 0 Å². The molecule has 1 unspecified atom stereocenters. The van der Waals surface area contributed by atoms with Crippen molar-refractivity contribution in [1.29, 1.82) is 0 Å². The SMILES string of the molecule is Cc1cccc(COc2cccc(-c3nc(C4CNCCN4C)no3)c2)c1.Cl. The molecule has 1 fully saturated rings. The topological polar surface area (TPSA) is 63.4 Å². The summed E-state index contributed by atoms with van der Waals surface area (Å²) < 4.78 is 11.5. The summed E-state index contributed by atoms with van der Waals surface area (Å²) in [6, 6.07) is 16.2. The summed E-state index contributed by atoms with van der Waals surface area (Å²) in [5, 5.41) is 7.57. The average Bonchev–Trinajstić information content (AvgIpc) is 3.17. The summed E-state index contributed by atoms with van der Waals surface area (Å²) in [6.45, 7) is 5.39. The van der Waals surface area contributed by atoms with Gasteiger partial charge in [-0.25, -0.2) is 0 Å². The third-order valence-electron chi connectivity index (χ3n) is 4.82. The fourth-order valence-electron chi connectivity index (χ4n) is 3.27. The molecule has 1 N–H and O–H groups in total. The second-order valence-electron chi connectivity index (χ2n) is 6.96. The second-order valence-corrected chi connectivity index (χ2v) is 6.96. The number of aromatic nitrogens is 2. The van der Waals surface area contributed by atoms with Gasteiger partial charge in [-0.3, -0.25) is 4.90 Å². The molecule has 2 aromatic carbocycles. The highest BCUT2D eigenvalue weighted by atomic mass is 35.5. The predicted molar refractivity (Wildman–Crippen MR) is 111 cm³/mol. The first-order valence-corrected chi connectivity index (χ1v) is 9.22. The maximum Gasteiger partial charge on any atom is 0.258 e. The van der Waals surface area contributed by atoms with Crippen LogP contribution in [0.5, 0.6) is 5.75 Å². The molecule has 6 nitrogen and oxygen atoms in total. The van der Waals surface area contributed by atoms with E-state index in [0.717, 1.165) is 36.5 Å². The molecule has 1 aromatic heterocycles. The Hall–Kier alpha value is -2.41. The van der Waals surface area contributed by atoms with Gasteiger partial charge in [0.05, 0.1) is 6.04 Å². The first-order chi connectivity index (χ1) is 13.2. The van der Waals surface area contributed by atoms with Crippen LogP contribution in [-0.2, 0) is 6.61 Å². The number of nitrogens with zero attached hydrogens (tertiary/aromatic N) is 3. The monoisotopic (exact) mass is 400 g/mol. The van der Waals surface area contributed by atoms with Crippen molar-refractivity contribution in [2.24, 2.45) is 0 Å². The summed E-state index contributed by atoms with van der Waals surface area (Å²) in [4.78, 5) is 6.85. The fourth-order valence-corrected chi connectivity index (χ4v) is 3.27. The van der Waals surface area contributed by atoms with Crippen LogP contribution in [0.3, 0.4) is 0 Å². The molecule has 148 valence electrons. The lowest BCUT2D eigenvalue weighted by Crippen LogP contribution is -2.44. The standard InChI is InChI=1S/C21H24N4O2.ClH/c1-15-5-3-6-16(11-15)14-26-18-8-4-7-17(12-18)21-23-20(24-27-21)19-13-22-9-10-25(19)2;/h3-8,11-12,19,22H,9-10,13-14H2,1-2H3;1H. The summed E-state index contributed by atoms with van der Waals surface area (Å²) >= 11 is 0. The Bertz CT molecular complexity index is 915. The first kappa shape index (κ1) is 20.3. The second kappa shape index (κ2) is 9.19. The number of nitrogens with one attached hydrogen (secondary N) is 1. The van der Waals surface area contributed by atoms with Crippen LogP contribution < -0.4 is 10.1 Å². The van der Waals surface area contributed by atoms with Crippen molar-refractivity contribution in [2.75, 3.05) is 26.7 Å². The van der Waals surface area contributed by atoms with Crippen molar-refractivity contribution in [3.05, 3.63) is 65.5 Å². The Labute approximate surface area is 171 Å². The number of hydrogen-bond acceptors (Lipinski definition) is 6. The largest absolute Gasteiger partial charge is 0.489 e. The zero-order valence-electron chi connectivity index (χ0n) is 16.1. The smallest absolute Gasteiger partial charge is 0.258 e. The number of piperazine rings is 1. The molecule has 0 saturated carbocycles. The zero-order chi connectivity index (χ0) is 18.6. The molecule has 1 aliphatic rings.